The molecular weight excluding hydrogens is 330 g/mol. The zero-order chi connectivity index (χ0) is 19.9. The number of ether oxygens (including phenoxy) is 1. The molecule has 0 saturated heterocycles. The van der Waals surface area contributed by atoms with Gasteiger partial charge in [-0.05, 0) is 51.3 Å². The number of methoxy groups -OCH3 is 1. The number of aryl methyl sites for hydroxylation is 1. The van der Waals surface area contributed by atoms with Crippen LogP contribution in [-0.2, 0) is 26.8 Å². The molecule has 1 aliphatic carbocycles. The minimum atomic E-state index is -0.759. The molecule has 1 aromatic heterocycles. The van der Waals surface area contributed by atoms with Crippen molar-refractivity contribution in [2.75, 3.05) is 12.8 Å². The van der Waals surface area contributed by atoms with Crippen LogP contribution in [0.1, 0.15) is 40.3 Å². The van der Waals surface area contributed by atoms with Crippen LogP contribution >= 0.6 is 0 Å². The molecule has 0 saturated carbocycles. The summed E-state index contributed by atoms with van der Waals surface area (Å²) in [6, 6.07) is 1.81. The highest BCUT2D eigenvalue weighted by molar-refractivity contribution is 5.89. The average molecular weight is 359 g/mol. The third kappa shape index (κ3) is 3.41. The van der Waals surface area contributed by atoms with Crippen LogP contribution in [0.15, 0.2) is 35.7 Å². The maximum atomic E-state index is 12.9. The molecule has 1 amide bonds. The van der Waals surface area contributed by atoms with Gasteiger partial charge in [-0.15, -0.1) is 0 Å². The number of nitrogen functional groups attached to an aromatic ring is 1. The van der Waals surface area contributed by atoms with Gasteiger partial charge in [0, 0.05) is 30.3 Å². The molecule has 6 heteroatoms. The molecule has 0 radical (unpaired) electrons. The zero-order valence-corrected chi connectivity index (χ0v) is 16.6. The van der Waals surface area contributed by atoms with Gasteiger partial charge in [0.15, 0.2) is 0 Å². The maximum absolute atomic E-state index is 12.9. The van der Waals surface area contributed by atoms with Crippen LogP contribution in [0.25, 0.3) is 0 Å². The molecule has 26 heavy (non-hydrogen) atoms. The van der Waals surface area contributed by atoms with Gasteiger partial charge in [-0.2, -0.15) is 0 Å². The lowest BCUT2D eigenvalue weighted by molar-refractivity contribution is -0.148. The Bertz CT molecular complexity index is 797. The summed E-state index contributed by atoms with van der Waals surface area (Å²) in [7, 11) is 3.25. The number of nitrogens with zero attached hydrogens (tertiary/aromatic N) is 1. The Morgan fingerprint density at radius 2 is 1.85 bits per heavy atom. The van der Waals surface area contributed by atoms with E-state index in [1.807, 2.05) is 64.5 Å². The van der Waals surface area contributed by atoms with E-state index in [-0.39, 0.29) is 17.8 Å². The third-order valence-electron chi connectivity index (χ3n) is 5.14. The minimum absolute atomic E-state index is 0.0354. The van der Waals surface area contributed by atoms with Crippen LogP contribution in [0.4, 0.5) is 5.69 Å². The molecule has 1 aromatic rings. The average Bonchev–Trinajstić information content (AvgIpc) is 3.08. The maximum Gasteiger partial charge on any atom is 0.315 e. The van der Waals surface area contributed by atoms with Crippen molar-refractivity contribution in [1.29, 1.82) is 0 Å². The van der Waals surface area contributed by atoms with Crippen molar-refractivity contribution in [3.8, 4) is 0 Å². The fourth-order valence-corrected chi connectivity index (χ4v) is 3.52. The minimum Gasteiger partial charge on any atom is -0.468 e. The Morgan fingerprint density at radius 3 is 2.35 bits per heavy atom. The van der Waals surface area contributed by atoms with Crippen molar-refractivity contribution in [3.05, 3.63) is 41.4 Å². The first-order valence-electron chi connectivity index (χ1n) is 8.67. The van der Waals surface area contributed by atoms with Crippen molar-refractivity contribution in [1.82, 2.24) is 9.88 Å². The van der Waals surface area contributed by atoms with E-state index in [4.69, 9.17) is 10.5 Å². The number of hydrogen-bond donors (Lipinski definition) is 2. The van der Waals surface area contributed by atoms with E-state index in [1.165, 1.54) is 7.11 Å². The number of nitrogens with one attached hydrogen (secondary N) is 1. The molecule has 6 nitrogen and oxygen atoms in total. The van der Waals surface area contributed by atoms with Crippen molar-refractivity contribution in [3.63, 3.8) is 0 Å². The monoisotopic (exact) mass is 359 g/mol. The Kier molecular flexibility index (Phi) is 5.08. The molecule has 1 heterocycles. The Morgan fingerprint density at radius 1 is 1.23 bits per heavy atom. The fourth-order valence-electron chi connectivity index (χ4n) is 3.52. The number of allylic oxidation sites excluding steroid dienone is 2. The molecule has 1 atom stereocenters. The van der Waals surface area contributed by atoms with E-state index in [0.717, 1.165) is 11.3 Å². The van der Waals surface area contributed by atoms with E-state index < -0.39 is 10.8 Å². The lowest BCUT2D eigenvalue weighted by Crippen LogP contribution is -2.40. The van der Waals surface area contributed by atoms with Crippen molar-refractivity contribution >= 4 is 17.6 Å². The predicted molar refractivity (Wildman–Crippen MR) is 102 cm³/mol. The predicted octanol–water partition coefficient (Wildman–Crippen LogP) is 2.66. The molecule has 0 fully saturated rings. The number of aromatic nitrogens is 1. The highest BCUT2D eigenvalue weighted by atomic mass is 16.5. The molecule has 2 rings (SSSR count). The van der Waals surface area contributed by atoms with Crippen LogP contribution in [0.3, 0.4) is 0 Å². The Labute approximate surface area is 155 Å². The number of esters is 1. The van der Waals surface area contributed by atoms with Crippen LogP contribution in [0.5, 0.6) is 0 Å². The molecule has 0 bridgehead atoms. The third-order valence-corrected chi connectivity index (χ3v) is 5.14. The quantitative estimate of drug-likeness (QED) is 0.792. The number of carbonyl (C=O) groups excluding carboxylic acids is 2. The summed E-state index contributed by atoms with van der Waals surface area (Å²) < 4.78 is 6.78. The van der Waals surface area contributed by atoms with E-state index in [9.17, 15) is 9.59 Å². The molecule has 142 valence electrons. The number of carbonyl (C=O) groups is 2. The van der Waals surface area contributed by atoms with Gasteiger partial charge in [0.2, 0.25) is 5.91 Å². The largest absolute Gasteiger partial charge is 0.468 e. The second-order valence-electron chi connectivity index (χ2n) is 7.98. The first-order chi connectivity index (χ1) is 11.9. The van der Waals surface area contributed by atoms with Crippen molar-refractivity contribution in [2.24, 2.45) is 18.4 Å². The summed E-state index contributed by atoms with van der Waals surface area (Å²) >= 11 is 0. The SMILES string of the molecule is COC(=O)C(C)(C)C1=CC(NC(=O)C(C)(C)c2cc(N)cn2C)=CC1C. The van der Waals surface area contributed by atoms with Gasteiger partial charge in [-0.3, -0.25) is 9.59 Å². The van der Waals surface area contributed by atoms with Crippen LogP contribution in [0.2, 0.25) is 0 Å². The van der Waals surface area contributed by atoms with Gasteiger partial charge in [0.05, 0.1) is 17.9 Å². The summed E-state index contributed by atoms with van der Waals surface area (Å²) in [4.78, 5) is 25.0. The molecule has 0 spiro atoms. The van der Waals surface area contributed by atoms with Crippen molar-refractivity contribution < 1.29 is 14.3 Å². The number of hydrogen-bond acceptors (Lipinski definition) is 4. The normalized spacial score (nSPS) is 17.6. The fraction of sp³-hybridized carbons (Fsp3) is 0.500. The molecule has 0 aliphatic heterocycles. The Hall–Kier alpha value is -2.50. The summed E-state index contributed by atoms with van der Waals surface area (Å²) in [5.74, 6) is -0.394. The second-order valence-corrected chi connectivity index (χ2v) is 7.98. The first-order valence-corrected chi connectivity index (χ1v) is 8.67. The van der Waals surface area contributed by atoms with E-state index in [1.54, 1.807) is 6.20 Å². The smallest absolute Gasteiger partial charge is 0.315 e. The lowest BCUT2D eigenvalue weighted by atomic mass is 9.79. The van der Waals surface area contributed by atoms with Gasteiger partial charge in [-0.25, -0.2) is 0 Å². The van der Waals surface area contributed by atoms with Crippen molar-refractivity contribution in [2.45, 2.75) is 40.0 Å². The molecule has 0 aromatic carbocycles. The number of anilines is 1. The second kappa shape index (κ2) is 6.67. The lowest BCUT2D eigenvalue weighted by Gasteiger charge is -2.26. The van der Waals surface area contributed by atoms with Gasteiger partial charge < -0.3 is 20.4 Å². The highest BCUT2D eigenvalue weighted by Gasteiger charge is 2.38. The van der Waals surface area contributed by atoms with Crippen LogP contribution in [-0.4, -0.2) is 23.6 Å². The summed E-state index contributed by atoms with van der Waals surface area (Å²) in [5.41, 5.74) is 7.41. The topological polar surface area (TPSA) is 86.3 Å². The molecule has 1 unspecified atom stereocenters. The van der Waals surface area contributed by atoms with E-state index >= 15 is 0 Å². The van der Waals surface area contributed by atoms with Crippen LogP contribution in [0, 0.1) is 11.3 Å². The van der Waals surface area contributed by atoms with Gasteiger partial charge in [0.1, 0.15) is 0 Å². The first kappa shape index (κ1) is 19.8. The Balaban J connectivity index is 2.23. The molecule has 1 aliphatic rings. The highest BCUT2D eigenvalue weighted by Crippen LogP contribution is 2.38. The van der Waals surface area contributed by atoms with Gasteiger partial charge in [0.25, 0.3) is 0 Å². The summed E-state index contributed by atoms with van der Waals surface area (Å²) in [5, 5.41) is 2.98. The molecule has 3 N–H and O–H groups in total. The standard InChI is InChI=1S/C20H29N3O3/c1-12-8-14(10-15(12)19(2,3)18(25)26-7)22-17(24)20(4,5)16-9-13(21)11-23(16)6/h8-12H,21H2,1-7H3,(H,22,24). The summed E-state index contributed by atoms with van der Waals surface area (Å²) in [6.45, 7) is 9.38. The number of nitrogens with two attached hydrogens (primary N) is 1. The van der Waals surface area contributed by atoms with Crippen LogP contribution < -0.4 is 11.1 Å². The summed E-state index contributed by atoms with van der Waals surface area (Å²) in [6.07, 6.45) is 5.61. The number of rotatable bonds is 5. The van der Waals surface area contributed by atoms with Gasteiger partial charge >= 0.3 is 5.97 Å². The zero-order valence-electron chi connectivity index (χ0n) is 16.6. The van der Waals surface area contributed by atoms with E-state index in [2.05, 4.69) is 5.32 Å². The number of amides is 1. The van der Waals surface area contributed by atoms with E-state index in [0.29, 0.717) is 11.4 Å². The molecular formula is C20H29N3O3. The van der Waals surface area contributed by atoms with Gasteiger partial charge in [-0.1, -0.05) is 13.0 Å².